The molecule has 0 saturated carbocycles. The van der Waals surface area contributed by atoms with Crippen LogP contribution in [0.15, 0.2) is 0 Å². The number of hydrogen-bond acceptors (Lipinski definition) is 3. The zero-order chi connectivity index (χ0) is 14.4. The van der Waals surface area contributed by atoms with Crippen molar-refractivity contribution < 1.29 is 18.3 Å². The first kappa shape index (κ1) is 17.3. The lowest BCUT2D eigenvalue weighted by molar-refractivity contribution is -0.142. The van der Waals surface area contributed by atoms with Crippen LogP contribution in [-0.4, -0.2) is 32.6 Å². The summed E-state index contributed by atoms with van der Waals surface area (Å²) in [5, 5.41) is 9.05. The van der Waals surface area contributed by atoms with Crippen molar-refractivity contribution in [2.75, 3.05) is 13.1 Å². The summed E-state index contributed by atoms with van der Waals surface area (Å²) in [5.41, 5.74) is -0.161. The fourth-order valence-corrected chi connectivity index (χ4v) is 2.48. The van der Waals surface area contributed by atoms with E-state index in [0.717, 1.165) is 0 Å². The maximum atomic E-state index is 11.5. The van der Waals surface area contributed by atoms with Gasteiger partial charge in [0.05, 0.1) is 5.92 Å². The molecule has 108 valence electrons. The second-order valence-corrected chi connectivity index (χ2v) is 7.13. The Hall–Kier alpha value is -0.660. The Bertz CT molecular complexity index is 360. The van der Waals surface area contributed by atoms with Crippen molar-refractivity contribution in [3.05, 3.63) is 0 Å². The van der Waals surface area contributed by atoms with E-state index in [-0.39, 0.29) is 12.0 Å². The minimum atomic E-state index is -3.59. The Morgan fingerprint density at radius 1 is 1.28 bits per heavy atom. The lowest BCUT2D eigenvalue weighted by Crippen LogP contribution is -2.41. The van der Waals surface area contributed by atoms with Gasteiger partial charge in [-0.1, -0.05) is 27.7 Å². The minimum Gasteiger partial charge on any atom is -0.481 e. The average molecular weight is 280 g/mol. The lowest BCUT2D eigenvalue weighted by atomic mass is 9.85. The Morgan fingerprint density at radius 2 is 1.83 bits per heavy atom. The predicted octanol–water partition coefficient (Wildman–Crippen LogP) is 0.957. The number of carboxylic acids is 1. The second-order valence-electron chi connectivity index (χ2n) is 5.55. The van der Waals surface area contributed by atoms with Crippen molar-refractivity contribution in [2.45, 2.75) is 40.5 Å². The molecule has 0 amide bonds. The molecule has 0 aliphatic rings. The van der Waals surface area contributed by atoms with Gasteiger partial charge in [-0.2, -0.15) is 8.42 Å². The third-order valence-corrected chi connectivity index (χ3v) is 3.40. The molecule has 1 unspecified atom stereocenters. The molecule has 7 heteroatoms. The van der Waals surface area contributed by atoms with Crippen molar-refractivity contribution in [3.63, 3.8) is 0 Å². The first-order valence-electron chi connectivity index (χ1n) is 6.04. The summed E-state index contributed by atoms with van der Waals surface area (Å²) in [4.78, 5) is 11.1. The van der Waals surface area contributed by atoms with Gasteiger partial charge in [0.2, 0.25) is 0 Å². The van der Waals surface area contributed by atoms with Gasteiger partial charge >= 0.3 is 5.97 Å². The molecule has 1 atom stereocenters. The molecule has 0 radical (unpaired) electrons. The van der Waals surface area contributed by atoms with E-state index in [4.69, 9.17) is 5.11 Å². The molecule has 3 N–H and O–H groups in total. The fourth-order valence-electron chi connectivity index (χ4n) is 1.48. The number of aliphatic carboxylic acids is 1. The van der Waals surface area contributed by atoms with Crippen LogP contribution < -0.4 is 9.44 Å². The summed E-state index contributed by atoms with van der Waals surface area (Å²) in [6.07, 6.45) is 1.10. The summed E-state index contributed by atoms with van der Waals surface area (Å²) in [6.45, 7) is 7.87. The van der Waals surface area contributed by atoms with E-state index in [1.54, 1.807) is 0 Å². The molecule has 0 aromatic heterocycles. The highest BCUT2D eigenvalue weighted by Crippen LogP contribution is 2.24. The molecule has 0 aromatic rings. The Kier molecular flexibility index (Phi) is 6.80. The molecular formula is C11H24N2O4S. The van der Waals surface area contributed by atoms with Crippen LogP contribution in [-0.2, 0) is 15.0 Å². The van der Waals surface area contributed by atoms with Gasteiger partial charge in [-0.25, -0.2) is 9.44 Å². The number of nitrogens with one attached hydrogen (secondary N) is 2. The van der Waals surface area contributed by atoms with E-state index in [2.05, 4.69) is 9.44 Å². The molecule has 6 nitrogen and oxygen atoms in total. The zero-order valence-corrected chi connectivity index (χ0v) is 12.3. The quantitative estimate of drug-likeness (QED) is 0.617. The van der Waals surface area contributed by atoms with Crippen molar-refractivity contribution in [1.29, 1.82) is 0 Å². The van der Waals surface area contributed by atoms with E-state index in [9.17, 15) is 13.2 Å². The Morgan fingerprint density at radius 3 is 2.22 bits per heavy atom. The van der Waals surface area contributed by atoms with E-state index in [1.807, 2.05) is 27.7 Å². The molecule has 0 spiro atoms. The van der Waals surface area contributed by atoms with Crippen LogP contribution in [0.5, 0.6) is 0 Å². The molecule has 0 bridgehead atoms. The highest BCUT2D eigenvalue weighted by molar-refractivity contribution is 7.87. The second kappa shape index (κ2) is 7.06. The van der Waals surface area contributed by atoms with Crippen molar-refractivity contribution in [1.82, 2.24) is 9.44 Å². The third-order valence-electron chi connectivity index (χ3n) is 2.27. The Balaban J connectivity index is 4.41. The molecular weight excluding hydrogens is 256 g/mol. The van der Waals surface area contributed by atoms with Gasteiger partial charge in [-0.05, 0) is 18.3 Å². The van der Waals surface area contributed by atoms with Crippen molar-refractivity contribution >= 4 is 16.2 Å². The molecule has 0 aromatic carbocycles. The van der Waals surface area contributed by atoms with Gasteiger partial charge in [0.1, 0.15) is 0 Å². The largest absolute Gasteiger partial charge is 0.481 e. The number of rotatable bonds is 8. The molecule has 0 fully saturated rings. The molecule has 0 rings (SSSR count). The monoisotopic (exact) mass is 280 g/mol. The number of hydrogen-bond donors (Lipinski definition) is 3. The van der Waals surface area contributed by atoms with Crippen LogP contribution in [0.1, 0.15) is 40.5 Å². The summed E-state index contributed by atoms with van der Waals surface area (Å²) >= 11 is 0. The molecule has 0 aliphatic heterocycles. The first-order chi connectivity index (χ1) is 8.07. The maximum Gasteiger partial charge on any atom is 0.307 e. The van der Waals surface area contributed by atoms with Gasteiger partial charge in [0.25, 0.3) is 10.2 Å². The topological polar surface area (TPSA) is 95.5 Å². The van der Waals surface area contributed by atoms with Crippen molar-refractivity contribution in [2.24, 2.45) is 11.3 Å². The lowest BCUT2D eigenvalue weighted by Gasteiger charge is -2.23. The third kappa shape index (κ3) is 8.43. The summed E-state index contributed by atoms with van der Waals surface area (Å²) < 4.78 is 27.5. The van der Waals surface area contributed by atoms with Crippen LogP contribution in [0.3, 0.4) is 0 Å². The average Bonchev–Trinajstić information content (AvgIpc) is 2.19. The first-order valence-corrected chi connectivity index (χ1v) is 7.53. The normalized spacial score (nSPS) is 14.4. The van der Waals surface area contributed by atoms with Gasteiger partial charge in [0, 0.05) is 13.1 Å². The van der Waals surface area contributed by atoms with Crippen LogP contribution in [0.2, 0.25) is 0 Å². The zero-order valence-electron chi connectivity index (χ0n) is 11.5. The standard InChI is InChI=1S/C11H24N2O4S/c1-5-6-12-18(16,17)13-8-9(10(14)15)7-11(2,3)4/h9,12-13H,5-8H2,1-4H3,(H,14,15). The number of carboxylic acid groups (broad SMARTS) is 1. The van der Waals surface area contributed by atoms with E-state index < -0.39 is 22.1 Å². The van der Waals surface area contributed by atoms with Gasteiger partial charge in [-0.3, -0.25) is 4.79 Å². The number of carbonyl (C=O) groups is 1. The molecule has 18 heavy (non-hydrogen) atoms. The highest BCUT2D eigenvalue weighted by Gasteiger charge is 2.25. The summed E-state index contributed by atoms with van der Waals surface area (Å²) in [5.74, 6) is -1.70. The minimum absolute atomic E-state index is 0.0916. The van der Waals surface area contributed by atoms with Crippen LogP contribution >= 0.6 is 0 Å². The highest BCUT2D eigenvalue weighted by atomic mass is 32.2. The van der Waals surface area contributed by atoms with Crippen LogP contribution in [0.25, 0.3) is 0 Å². The van der Waals surface area contributed by atoms with Crippen molar-refractivity contribution in [3.8, 4) is 0 Å². The smallest absolute Gasteiger partial charge is 0.307 e. The maximum absolute atomic E-state index is 11.5. The van der Waals surface area contributed by atoms with Crippen LogP contribution in [0, 0.1) is 11.3 Å². The van der Waals surface area contributed by atoms with Gasteiger partial charge < -0.3 is 5.11 Å². The fraction of sp³-hybridized carbons (Fsp3) is 0.909. The predicted molar refractivity (Wildman–Crippen MR) is 70.4 cm³/mol. The van der Waals surface area contributed by atoms with E-state index in [0.29, 0.717) is 19.4 Å². The molecule has 0 heterocycles. The molecule has 0 saturated heterocycles. The van der Waals surface area contributed by atoms with Gasteiger partial charge in [0.15, 0.2) is 0 Å². The molecule has 0 aliphatic carbocycles. The van der Waals surface area contributed by atoms with E-state index in [1.165, 1.54) is 0 Å². The van der Waals surface area contributed by atoms with Crippen LogP contribution in [0.4, 0.5) is 0 Å². The van der Waals surface area contributed by atoms with Gasteiger partial charge in [-0.15, -0.1) is 0 Å². The van der Waals surface area contributed by atoms with E-state index >= 15 is 0 Å². The Labute approximate surface area is 109 Å². The SMILES string of the molecule is CCCNS(=O)(=O)NCC(CC(C)(C)C)C(=O)O. The summed E-state index contributed by atoms with van der Waals surface area (Å²) in [6, 6.07) is 0. The summed E-state index contributed by atoms with van der Waals surface area (Å²) in [7, 11) is -3.59.